The van der Waals surface area contributed by atoms with Crippen LogP contribution in [0.4, 0.5) is 87.8 Å². The first-order valence-electron chi connectivity index (χ1n) is 29.7. The number of ether oxygens (including phenoxy) is 15. The summed E-state index contributed by atoms with van der Waals surface area (Å²) in [5.74, 6) is -31.1. The van der Waals surface area contributed by atoms with Crippen LogP contribution in [0.25, 0.3) is 0 Å². The molecule has 6 aliphatic rings. The van der Waals surface area contributed by atoms with Crippen molar-refractivity contribution in [3.8, 4) is 0 Å². The highest BCUT2D eigenvalue weighted by Crippen LogP contribution is 2.60. The Hall–Kier alpha value is -5.75. The lowest BCUT2D eigenvalue weighted by Gasteiger charge is -2.35. The minimum Gasteiger partial charge on any atom is -0.399 e. The first-order valence-corrected chi connectivity index (χ1v) is 29.7. The van der Waals surface area contributed by atoms with Gasteiger partial charge in [0.2, 0.25) is 0 Å². The number of halogens is 20. The Morgan fingerprint density at radius 1 is 0.324 bits per heavy atom. The lowest BCUT2D eigenvalue weighted by atomic mass is 9.85. The maximum atomic E-state index is 13.9. The van der Waals surface area contributed by atoms with Crippen LogP contribution in [0, 0.1) is 0 Å². The Balaban J connectivity index is 0.000000434. The zero-order chi connectivity index (χ0) is 81.3. The molecule has 0 N–H and O–H groups in total. The molecule has 6 rings (SSSR count). The molecule has 590 valence electrons. The Bertz CT molecular complexity index is 3130. The van der Waals surface area contributed by atoms with E-state index in [-0.39, 0.29) is 16.7 Å². The first-order chi connectivity index (χ1) is 44.5. The summed E-state index contributed by atoms with van der Waals surface area (Å²) >= 11 is 0. The molecule has 1 spiro atoms. The second kappa shape index (κ2) is 28.2. The third kappa shape index (κ3) is 18.4. The molecule has 5 saturated heterocycles. The fourth-order valence-corrected chi connectivity index (χ4v) is 8.60. The summed E-state index contributed by atoms with van der Waals surface area (Å²) in [6.07, 6.45) is -28.8. The molecule has 40 heteroatoms. The minimum absolute atomic E-state index is 0.156. The van der Waals surface area contributed by atoms with Gasteiger partial charge in [-0.3, -0.25) is 0 Å². The smallest absolute Gasteiger partial charge is 0.399 e. The van der Waals surface area contributed by atoms with Crippen LogP contribution in [0.3, 0.4) is 0 Å². The first kappa shape index (κ1) is 92.3. The Morgan fingerprint density at radius 3 is 0.745 bits per heavy atom. The third-order valence-corrected chi connectivity index (χ3v) is 17.2. The highest BCUT2D eigenvalue weighted by Gasteiger charge is 2.82. The van der Waals surface area contributed by atoms with E-state index < -0.39 is 164 Å². The van der Waals surface area contributed by atoms with Gasteiger partial charge in [0, 0.05) is 22.8 Å². The van der Waals surface area contributed by atoms with E-state index in [0.717, 1.165) is 19.8 Å². The molecule has 0 amide bonds. The van der Waals surface area contributed by atoms with Gasteiger partial charge in [0.15, 0.2) is 0 Å². The van der Waals surface area contributed by atoms with Crippen LogP contribution in [-0.4, -0.2) is 159 Å². The van der Waals surface area contributed by atoms with Crippen LogP contribution in [0.1, 0.15) is 171 Å². The molecular weight excluding hydrogens is 1440 g/mol. The van der Waals surface area contributed by atoms with E-state index in [4.69, 9.17) is 37.9 Å². The summed E-state index contributed by atoms with van der Waals surface area (Å²) in [6.45, 7) is 42.9. The van der Waals surface area contributed by atoms with Gasteiger partial charge < -0.3 is 71.1 Å². The average Bonchev–Trinajstić information content (AvgIpc) is 1.56. The summed E-state index contributed by atoms with van der Waals surface area (Å²) < 4.78 is 332. The molecule has 1 aliphatic carbocycles. The molecule has 0 radical (unpaired) electrons. The van der Waals surface area contributed by atoms with Crippen molar-refractivity contribution in [3.63, 3.8) is 0 Å². The SMILES string of the molecule is C=C(C(=O)OC1(C(F)(F)F)OC(C)(C)C(C)(C)O1)C(F)(F)F.C=C(C)C(=O)OC1(C(F)(F)C(F)(F)F)OC(C)(C)C(C)(C)O1.C=C(C)C(=O)OC1(C(F)(F)F)OC(C)(C)C(C)(C)O1.C=C(C)C(=O)OC1(C(F)(F)F)OC(C)(C)C2(CCCC2)O1.C=CC(=O)OC1(C(F)(F)F)OC(C)(C)C(C)(C)O1. The van der Waals surface area contributed by atoms with Crippen molar-refractivity contribution in [2.75, 3.05) is 0 Å². The van der Waals surface area contributed by atoms with Crippen molar-refractivity contribution in [3.05, 3.63) is 61.3 Å². The van der Waals surface area contributed by atoms with E-state index in [1.165, 1.54) is 138 Å². The molecule has 5 aliphatic heterocycles. The van der Waals surface area contributed by atoms with Gasteiger partial charge in [-0.15, -0.1) is 0 Å². The van der Waals surface area contributed by atoms with Gasteiger partial charge in [0.1, 0.15) is 11.2 Å². The highest BCUT2D eigenvalue weighted by atomic mass is 19.4. The van der Waals surface area contributed by atoms with Gasteiger partial charge in [-0.25, -0.2) is 24.0 Å². The standard InChI is InChI=1S/C14H19F3O4.C13H17F5O4.C12H14F6O4.C12H17F3O4.C11H15F3O4/c1-9(2)10(18)19-14(13(15,16)17)20-11(3,4)12(21-14)7-5-6-8-12;1-7(2)8(19)20-13(11(14,15)12(16,17)18)21-9(3,4)10(5,6)22-13;1-6(10(13,14)15)7(19)20-12(11(16,17)18)21-8(2,3)9(4,5)22-12;1-7(2)8(16)17-12(11(13,14)15)18-9(3,4)10(5,6)19-12;1-6-7(15)16-11(10(12,13)14)17-8(2,3)9(4,5)18-11/h1,5-8H2,2-4H3;1H2,2-6H3;1H2,2-5H3;1H2,2-6H3;6H,1H2,2-5H3. The summed E-state index contributed by atoms with van der Waals surface area (Å²) in [5.41, 5.74) is -16.7. The third-order valence-electron chi connectivity index (χ3n) is 17.2. The zero-order valence-corrected chi connectivity index (χ0v) is 59.2. The second-order valence-electron chi connectivity index (χ2n) is 28.2. The van der Waals surface area contributed by atoms with Crippen molar-refractivity contribution in [2.24, 2.45) is 0 Å². The number of hydrogen-bond donors (Lipinski definition) is 0. The number of carbonyl (C=O) groups excluding carboxylic acids is 5. The highest BCUT2D eigenvalue weighted by molar-refractivity contribution is 5.89. The molecule has 0 aromatic carbocycles. The van der Waals surface area contributed by atoms with E-state index in [0.29, 0.717) is 18.9 Å². The van der Waals surface area contributed by atoms with E-state index in [2.05, 4.69) is 66.1 Å². The molecule has 5 heterocycles. The molecule has 20 nitrogen and oxygen atoms in total. The minimum atomic E-state index is -6.06. The zero-order valence-electron chi connectivity index (χ0n) is 59.2. The topological polar surface area (TPSA) is 224 Å². The van der Waals surface area contributed by atoms with Crippen LogP contribution >= 0.6 is 0 Å². The molecule has 1 saturated carbocycles. The van der Waals surface area contributed by atoms with Crippen LogP contribution in [-0.2, 0) is 95.0 Å². The predicted molar refractivity (Wildman–Crippen MR) is 308 cm³/mol. The summed E-state index contributed by atoms with van der Waals surface area (Å²) in [4.78, 5) is 56.9. The van der Waals surface area contributed by atoms with Gasteiger partial charge in [0.25, 0.3) is 0 Å². The number of hydrogen-bond acceptors (Lipinski definition) is 20. The van der Waals surface area contributed by atoms with Gasteiger partial charge in [-0.2, -0.15) is 87.8 Å². The van der Waals surface area contributed by atoms with Gasteiger partial charge in [-0.05, 0) is 158 Å². The molecule has 0 aromatic heterocycles. The van der Waals surface area contributed by atoms with E-state index in [9.17, 15) is 112 Å². The average molecular weight is 1530 g/mol. The number of rotatable bonds is 11. The van der Waals surface area contributed by atoms with Crippen LogP contribution in [0.15, 0.2) is 61.3 Å². The fourth-order valence-electron chi connectivity index (χ4n) is 8.60. The molecule has 1 unspecified atom stereocenters. The summed E-state index contributed by atoms with van der Waals surface area (Å²) in [5, 5.41) is 0. The Kier molecular flexibility index (Phi) is 25.5. The Morgan fingerprint density at radius 2 is 0.529 bits per heavy atom. The van der Waals surface area contributed by atoms with Crippen molar-refractivity contribution in [2.45, 2.75) is 300 Å². The van der Waals surface area contributed by atoms with Crippen molar-refractivity contribution in [1.29, 1.82) is 0 Å². The normalized spacial score (nSPS) is 25.1. The van der Waals surface area contributed by atoms with Crippen molar-refractivity contribution < 1.29 is 183 Å². The van der Waals surface area contributed by atoms with Gasteiger partial charge >= 0.3 is 103 Å². The fraction of sp³-hybridized carbons (Fsp3) is 0.758. The predicted octanol–water partition coefficient (Wildman–Crippen LogP) is 16.0. The summed E-state index contributed by atoms with van der Waals surface area (Å²) in [6, 6.07) is 0. The van der Waals surface area contributed by atoms with Crippen molar-refractivity contribution in [1.82, 2.24) is 0 Å². The van der Waals surface area contributed by atoms with Crippen LogP contribution in [0.2, 0.25) is 0 Å². The molecule has 102 heavy (non-hydrogen) atoms. The largest absolute Gasteiger partial charge is 0.486 e. The van der Waals surface area contributed by atoms with Crippen LogP contribution < -0.4 is 0 Å². The van der Waals surface area contributed by atoms with E-state index in [1.807, 2.05) is 0 Å². The molecule has 0 bridgehead atoms. The van der Waals surface area contributed by atoms with Crippen molar-refractivity contribution >= 4 is 29.8 Å². The van der Waals surface area contributed by atoms with E-state index >= 15 is 0 Å². The van der Waals surface area contributed by atoms with Crippen LogP contribution in [0.5, 0.6) is 0 Å². The second-order valence-corrected chi connectivity index (χ2v) is 28.2. The lowest BCUT2D eigenvalue weighted by molar-refractivity contribution is -0.467. The van der Waals surface area contributed by atoms with Gasteiger partial charge in [0.05, 0.1) is 50.4 Å². The monoisotopic (exact) mass is 1530 g/mol. The maximum absolute atomic E-state index is 13.9. The molecular formula is C62H82F20O20. The number of esters is 5. The number of alkyl halides is 20. The summed E-state index contributed by atoms with van der Waals surface area (Å²) in [7, 11) is 0. The quantitative estimate of drug-likeness (QED) is 0.0811. The molecule has 1 atom stereocenters. The Labute approximate surface area is 572 Å². The molecule has 0 aromatic rings. The van der Waals surface area contributed by atoms with Gasteiger partial charge in [-0.1, -0.05) is 45.7 Å². The maximum Gasteiger partial charge on any atom is 0.486 e. The van der Waals surface area contributed by atoms with E-state index in [1.54, 1.807) is 0 Å². The number of carbonyl (C=O) groups is 5. The molecule has 6 fully saturated rings. The lowest BCUT2D eigenvalue weighted by Crippen LogP contribution is -2.61.